The summed E-state index contributed by atoms with van der Waals surface area (Å²) >= 11 is 3.43. The van der Waals surface area contributed by atoms with Crippen LogP contribution in [0.5, 0.6) is 0 Å². The maximum Gasteiger partial charge on any atom is 0.235 e. The molecule has 0 amide bonds. The van der Waals surface area contributed by atoms with E-state index in [0.717, 1.165) is 38.5 Å². The van der Waals surface area contributed by atoms with E-state index in [9.17, 15) is 0 Å². The summed E-state index contributed by atoms with van der Waals surface area (Å²) in [6, 6.07) is 10.4. The molecule has 4 rings (SSSR count). The molecule has 7 heteroatoms. The lowest BCUT2D eigenvalue weighted by atomic mass is 10.2. The topological polar surface area (TPSA) is 58.9 Å². The molecule has 0 radical (unpaired) electrons. The lowest BCUT2D eigenvalue weighted by Crippen LogP contribution is -1.94. The lowest BCUT2D eigenvalue weighted by molar-refractivity contribution is 0.885. The summed E-state index contributed by atoms with van der Waals surface area (Å²) < 4.78 is 1.87. The first kappa shape index (κ1) is 13.8. The molecule has 0 saturated carbocycles. The quantitative estimate of drug-likeness (QED) is 0.563. The molecular weight excluding hydrogens is 314 g/mol. The Morgan fingerprint density at radius 2 is 2.18 bits per heavy atom. The van der Waals surface area contributed by atoms with Gasteiger partial charge in [0.15, 0.2) is 10.8 Å². The number of hydrogen-bond donors (Lipinski definition) is 1. The Morgan fingerprint density at radius 1 is 1.27 bits per heavy atom. The van der Waals surface area contributed by atoms with Crippen LogP contribution in [-0.2, 0) is 5.75 Å². The largest absolute Gasteiger partial charge is 0.353 e. The molecule has 5 nitrogen and oxygen atoms in total. The summed E-state index contributed by atoms with van der Waals surface area (Å²) in [5.74, 6) is 2.91. The molecule has 0 aliphatic rings. The second-order valence-corrected chi connectivity index (χ2v) is 7.10. The Kier molecular flexibility index (Phi) is 3.59. The van der Waals surface area contributed by atoms with Crippen LogP contribution >= 0.6 is 23.1 Å². The number of nitrogens with zero attached hydrogens (tertiary/aromatic N) is 4. The van der Waals surface area contributed by atoms with Crippen molar-refractivity contribution in [2.24, 2.45) is 0 Å². The fourth-order valence-electron chi connectivity index (χ4n) is 2.35. The smallest absolute Gasteiger partial charge is 0.235 e. The van der Waals surface area contributed by atoms with Gasteiger partial charge in [-0.25, -0.2) is 0 Å². The van der Waals surface area contributed by atoms with E-state index >= 15 is 0 Å². The predicted octanol–water partition coefficient (Wildman–Crippen LogP) is 3.98. The molecule has 0 fully saturated rings. The first-order valence-electron chi connectivity index (χ1n) is 7.22. The van der Waals surface area contributed by atoms with Gasteiger partial charge in [-0.15, -0.1) is 10.2 Å². The minimum Gasteiger partial charge on any atom is -0.353 e. The van der Waals surface area contributed by atoms with Crippen molar-refractivity contribution < 1.29 is 0 Å². The zero-order valence-electron chi connectivity index (χ0n) is 12.1. The third-order valence-corrected chi connectivity index (χ3v) is 5.49. The van der Waals surface area contributed by atoms with Gasteiger partial charge in [0.05, 0.1) is 11.4 Å². The third kappa shape index (κ3) is 2.40. The van der Waals surface area contributed by atoms with Crippen molar-refractivity contribution in [3.63, 3.8) is 0 Å². The van der Waals surface area contributed by atoms with Crippen LogP contribution in [0.15, 0.2) is 30.3 Å². The van der Waals surface area contributed by atoms with Gasteiger partial charge in [0.25, 0.3) is 0 Å². The Balaban J connectivity index is 1.70. The molecule has 3 aromatic heterocycles. The van der Waals surface area contributed by atoms with Gasteiger partial charge in [0.2, 0.25) is 4.96 Å². The zero-order chi connectivity index (χ0) is 14.9. The maximum absolute atomic E-state index is 4.68. The van der Waals surface area contributed by atoms with Crippen molar-refractivity contribution in [3.8, 4) is 10.7 Å². The van der Waals surface area contributed by atoms with E-state index in [1.807, 2.05) is 28.4 Å². The van der Waals surface area contributed by atoms with E-state index < -0.39 is 0 Å². The molecule has 3 heterocycles. The summed E-state index contributed by atoms with van der Waals surface area (Å²) in [6.45, 7) is 2.18. The number of fused-ring (bicyclic) bond motifs is 2. The highest BCUT2D eigenvalue weighted by atomic mass is 32.2. The van der Waals surface area contributed by atoms with E-state index in [1.165, 1.54) is 11.8 Å². The minimum absolute atomic E-state index is 0.848. The summed E-state index contributed by atoms with van der Waals surface area (Å²) in [5, 5.41) is 15.3. The van der Waals surface area contributed by atoms with Crippen LogP contribution in [0.25, 0.3) is 26.6 Å². The zero-order valence-corrected chi connectivity index (χ0v) is 13.7. The van der Waals surface area contributed by atoms with Crippen LogP contribution < -0.4 is 0 Å². The second-order valence-electron chi connectivity index (χ2n) is 5.04. The van der Waals surface area contributed by atoms with E-state index in [1.54, 1.807) is 11.3 Å². The van der Waals surface area contributed by atoms with Crippen LogP contribution in [0.4, 0.5) is 0 Å². The SMILES string of the molecule is CCCSCc1nnc2sc(-c3cc4ccccc4[nH]3)nn12. The van der Waals surface area contributed by atoms with Crippen molar-refractivity contribution in [1.82, 2.24) is 24.8 Å². The summed E-state index contributed by atoms with van der Waals surface area (Å²) in [6.07, 6.45) is 1.17. The molecule has 1 aromatic carbocycles. The molecule has 0 atom stereocenters. The molecule has 0 aliphatic heterocycles. The summed E-state index contributed by atoms with van der Waals surface area (Å²) in [7, 11) is 0. The van der Waals surface area contributed by atoms with Gasteiger partial charge >= 0.3 is 0 Å². The predicted molar refractivity (Wildman–Crippen MR) is 92.4 cm³/mol. The standard InChI is InChI=1S/C15H15N5S2/c1-2-7-21-9-13-17-18-15-20(13)19-14(22-15)12-8-10-5-3-4-6-11(10)16-12/h3-6,8,16H,2,7,9H2,1H3. The third-order valence-electron chi connectivity index (χ3n) is 3.40. The highest BCUT2D eigenvalue weighted by Gasteiger charge is 2.14. The molecule has 0 bridgehead atoms. The molecule has 4 aromatic rings. The van der Waals surface area contributed by atoms with Crippen molar-refractivity contribution in [1.29, 1.82) is 0 Å². The number of thioether (sulfide) groups is 1. The van der Waals surface area contributed by atoms with Crippen LogP contribution in [0.1, 0.15) is 19.2 Å². The fraction of sp³-hybridized carbons (Fsp3) is 0.267. The number of benzene rings is 1. The lowest BCUT2D eigenvalue weighted by Gasteiger charge is -1.95. The van der Waals surface area contributed by atoms with Gasteiger partial charge in [-0.1, -0.05) is 36.5 Å². The Hall–Kier alpha value is -1.86. The van der Waals surface area contributed by atoms with Crippen molar-refractivity contribution in [2.75, 3.05) is 5.75 Å². The minimum atomic E-state index is 0.848. The molecule has 1 N–H and O–H groups in total. The molecule has 112 valence electrons. The van der Waals surface area contributed by atoms with Gasteiger partial charge in [0.1, 0.15) is 0 Å². The summed E-state index contributed by atoms with van der Waals surface area (Å²) in [4.78, 5) is 4.26. The Morgan fingerprint density at radius 3 is 3.05 bits per heavy atom. The van der Waals surface area contributed by atoms with Gasteiger partial charge in [-0.2, -0.15) is 21.4 Å². The van der Waals surface area contributed by atoms with Gasteiger partial charge in [-0.3, -0.25) is 0 Å². The van der Waals surface area contributed by atoms with E-state index in [0.29, 0.717) is 0 Å². The number of para-hydroxylation sites is 1. The van der Waals surface area contributed by atoms with E-state index in [-0.39, 0.29) is 0 Å². The summed E-state index contributed by atoms with van der Waals surface area (Å²) in [5.41, 5.74) is 2.16. The van der Waals surface area contributed by atoms with Crippen LogP contribution in [0, 0.1) is 0 Å². The fourth-order valence-corrected chi connectivity index (χ4v) is 3.98. The van der Waals surface area contributed by atoms with Gasteiger partial charge < -0.3 is 4.98 Å². The highest BCUT2D eigenvalue weighted by molar-refractivity contribution is 7.98. The number of H-pyrrole nitrogens is 1. The molecular formula is C15H15N5S2. The average molecular weight is 329 g/mol. The van der Waals surface area contributed by atoms with Crippen molar-refractivity contribution in [3.05, 3.63) is 36.2 Å². The van der Waals surface area contributed by atoms with Crippen molar-refractivity contribution in [2.45, 2.75) is 19.1 Å². The first-order valence-corrected chi connectivity index (χ1v) is 9.19. The molecule has 0 saturated heterocycles. The Labute approximate surface area is 135 Å². The number of rotatable bonds is 5. The van der Waals surface area contributed by atoms with Crippen LogP contribution in [0.3, 0.4) is 0 Å². The van der Waals surface area contributed by atoms with Crippen molar-refractivity contribution >= 4 is 39.0 Å². The van der Waals surface area contributed by atoms with Crippen LogP contribution in [0.2, 0.25) is 0 Å². The number of aromatic nitrogens is 5. The molecule has 0 spiro atoms. The van der Waals surface area contributed by atoms with Gasteiger partial charge in [0, 0.05) is 10.9 Å². The monoisotopic (exact) mass is 329 g/mol. The van der Waals surface area contributed by atoms with Gasteiger partial charge in [-0.05, 0) is 24.3 Å². The molecule has 22 heavy (non-hydrogen) atoms. The Bertz CT molecular complexity index is 887. The maximum atomic E-state index is 4.68. The molecule has 0 aliphatic carbocycles. The number of aromatic amines is 1. The number of hydrogen-bond acceptors (Lipinski definition) is 5. The van der Waals surface area contributed by atoms with E-state index in [2.05, 4.69) is 45.4 Å². The first-order chi connectivity index (χ1) is 10.8. The highest BCUT2D eigenvalue weighted by Crippen LogP contribution is 2.28. The molecule has 0 unspecified atom stereocenters. The van der Waals surface area contributed by atoms with Crippen LogP contribution in [-0.4, -0.2) is 30.5 Å². The second kappa shape index (κ2) is 5.73. The van der Waals surface area contributed by atoms with E-state index in [4.69, 9.17) is 0 Å². The average Bonchev–Trinajstić information content (AvgIpc) is 3.21. The normalized spacial score (nSPS) is 11.7. The number of nitrogens with one attached hydrogen (secondary N) is 1.